The van der Waals surface area contributed by atoms with Crippen molar-refractivity contribution in [3.8, 4) is 34.0 Å². The van der Waals surface area contributed by atoms with E-state index in [1.807, 2.05) is 42.5 Å². The normalized spacial score (nSPS) is 14.5. The molecule has 0 saturated carbocycles. The Labute approximate surface area is 185 Å². The Balaban J connectivity index is 1.46. The fraction of sp³-hybridized carbons (Fsp3) is 0.292. The minimum absolute atomic E-state index is 0.524. The average Bonchev–Trinajstić information content (AvgIpc) is 3.29. The van der Waals surface area contributed by atoms with Crippen molar-refractivity contribution >= 4 is 11.0 Å². The van der Waals surface area contributed by atoms with Gasteiger partial charge in [-0.25, -0.2) is 9.97 Å². The van der Waals surface area contributed by atoms with Gasteiger partial charge in [0, 0.05) is 37.0 Å². The number of nitrogens with zero attached hydrogens (tertiary/aromatic N) is 4. The number of methoxy groups -OCH3 is 1. The van der Waals surface area contributed by atoms with Crippen LogP contribution < -0.4 is 9.47 Å². The van der Waals surface area contributed by atoms with Crippen LogP contribution in [-0.4, -0.2) is 66.6 Å². The quantitative estimate of drug-likeness (QED) is 0.438. The van der Waals surface area contributed by atoms with Crippen LogP contribution in [0.2, 0.25) is 0 Å². The second-order valence-corrected chi connectivity index (χ2v) is 7.46. The summed E-state index contributed by atoms with van der Waals surface area (Å²) >= 11 is 0. The summed E-state index contributed by atoms with van der Waals surface area (Å²) < 4.78 is 22.8. The van der Waals surface area contributed by atoms with Gasteiger partial charge in [-0.3, -0.25) is 4.90 Å². The second kappa shape index (κ2) is 9.33. The third-order valence-electron chi connectivity index (χ3n) is 5.58. The van der Waals surface area contributed by atoms with Crippen LogP contribution >= 0.6 is 0 Å². The van der Waals surface area contributed by atoms with E-state index < -0.39 is 0 Å². The SMILES string of the molecule is COc1ccccc1-c1noc2c(-c3cncnc3OCCN3CCOCC3)cccc12. The van der Waals surface area contributed by atoms with Gasteiger partial charge in [-0.05, 0) is 18.2 Å². The molecule has 2 aromatic carbocycles. The fourth-order valence-corrected chi connectivity index (χ4v) is 3.92. The predicted molar refractivity (Wildman–Crippen MR) is 120 cm³/mol. The molecule has 0 spiro atoms. The van der Waals surface area contributed by atoms with Crippen LogP contribution in [0.5, 0.6) is 11.6 Å². The van der Waals surface area contributed by atoms with E-state index in [4.69, 9.17) is 18.7 Å². The summed E-state index contributed by atoms with van der Waals surface area (Å²) in [7, 11) is 1.65. The first kappa shape index (κ1) is 20.4. The molecule has 0 amide bonds. The topological polar surface area (TPSA) is 82.7 Å². The Kier molecular flexibility index (Phi) is 5.96. The maximum absolute atomic E-state index is 6.06. The molecule has 32 heavy (non-hydrogen) atoms. The van der Waals surface area contributed by atoms with Crippen molar-refractivity contribution in [3.63, 3.8) is 0 Å². The molecular formula is C24H24N4O4. The lowest BCUT2D eigenvalue weighted by atomic mass is 10.0. The first-order valence-electron chi connectivity index (χ1n) is 10.6. The lowest BCUT2D eigenvalue weighted by molar-refractivity contribution is 0.0320. The van der Waals surface area contributed by atoms with Crippen LogP contribution in [0.1, 0.15) is 0 Å². The highest BCUT2D eigenvalue weighted by atomic mass is 16.5. The molecule has 0 atom stereocenters. The van der Waals surface area contributed by atoms with E-state index in [0.717, 1.165) is 66.4 Å². The van der Waals surface area contributed by atoms with Crippen molar-refractivity contribution in [2.45, 2.75) is 0 Å². The average molecular weight is 432 g/mol. The number of ether oxygens (including phenoxy) is 3. The molecule has 0 unspecified atom stereocenters. The molecule has 0 N–H and O–H groups in total. The van der Waals surface area contributed by atoms with Crippen molar-refractivity contribution in [2.24, 2.45) is 0 Å². The molecule has 1 saturated heterocycles. The summed E-state index contributed by atoms with van der Waals surface area (Å²) in [6.07, 6.45) is 3.24. The summed E-state index contributed by atoms with van der Waals surface area (Å²) in [6, 6.07) is 13.7. The smallest absolute Gasteiger partial charge is 0.224 e. The minimum atomic E-state index is 0.524. The number of hydrogen-bond acceptors (Lipinski definition) is 8. The van der Waals surface area contributed by atoms with Gasteiger partial charge < -0.3 is 18.7 Å². The molecule has 164 valence electrons. The molecule has 3 heterocycles. The highest BCUT2D eigenvalue weighted by molar-refractivity contribution is 6.01. The number of rotatable bonds is 7. The first-order chi connectivity index (χ1) is 15.8. The molecule has 2 aromatic heterocycles. The summed E-state index contributed by atoms with van der Waals surface area (Å²) in [4.78, 5) is 10.9. The number of para-hydroxylation sites is 2. The molecule has 0 bridgehead atoms. The molecule has 8 nitrogen and oxygen atoms in total. The second-order valence-electron chi connectivity index (χ2n) is 7.46. The third kappa shape index (κ3) is 4.02. The van der Waals surface area contributed by atoms with Crippen molar-refractivity contribution in [1.82, 2.24) is 20.0 Å². The zero-order chi connectivity index (χ0) is 21.8. The van der Waals surface area contributed by atoms with E-state index in [1.165, 1.54) is 6.33 Å². The molecule has 8 heteroatoms. The van der Waals surface area contributed by atoms with Gasteiger partial charge in [0.15, 0.2) is 5.58 Å². The van der Waals surface area contributed by atoms with Crippen molar-refractivity contribution in [2.75, 3.05) is 46.6 Å². The Morgan fingerprint density at radius 3 is 2.72 bits per heavy atom. The molecule has 1 fully saturated rings. The summed E-state index contributed by atoms with van der Waals surface area (Å²) in [5.41, 5.74) is 3.85. The zero-order valence-corrected chi connectivity index (χ0v) is 17.9. The Morgan fingerprint density at radius 1 is 1.00 bits per heavy atom. The number of fused-ring (bicyclic) bond motifs is 1. The van der Waals surface area contributed by atoms with Gasteiger partial charge in [-0.1, -0.05) is 29.4 Å². The summed E-state index contributed by atoms with van der Waals surface area (Å²) in [5.74, 6) is 1.26. The number of benzene rings is 2. The lowest BCUT2D eigenvalue weighted by Gasteiger charge is -2.26. The van der Waals surface area contributed by atoms with Crippen LogP contribution in [0, 0.1) is 0 Å². The predicted octanol–water partition coefficient (Wildman–Crippen LogP) is 3.67. The molecule has 5 rings (SSSR count). The van der Waals surface area contributed by atoms with Gasteiger partial charge in [0.1, 0.15) is 24.4 Å². The Hall–Kier alpha value is -3.49. The van der Waals surface area contributed by atoms with E-state index in [2.05, 4.69) is 20.0 Å². The highest BCUT2D eigenvalue weighted by Crippen LogP contribution is 2.39. The number of morpholine rings is 1. The molecule has 1 aliphatic rings. The Bertz CT molecular complexity index is 1200. The van der Waals surface area contributed by atoms with Crippen LogP contribution in [0.4, 0.5) is 0 Å². The zero-order valence-electron chi connectivity index (χ0n) is 17.9. The van der Waals surface area contributed by atoms with Gasteiger partial charge in [-0.2, -0.15) is 0 Å². The van der Waals surface area contributed by atoms with Gasteiger partial charge in [0.25, 0.3) is 0 Å². The maximum Gasteiger partial charge on any atom is 0.224 e. The van der Waals surface area contributed by atoms with E-state index in [1.54, 1.807) is 13.3 Å². The highest BCUT2D eigenvalue weighted by Gasteiger charge is 2.20. The maximum atomic E-state index is 6.06. The number of hydrogen-bond donors (Lipinski definition) is 0. The standard InChI is InChI=1S/C24H24N4O4/c1-29-21-8-3-2-5-18(21)22-19-7-4-6-17(23(19)32-27-22)20-15-25-16-26-24(20)31-14-11-28-9-12-30-13-10-28/h2-8,15-16H,9-14H2,1H3. The molecule has 1 aliphatic heterocycles. The van der Waals surface area contributed by atoms with E-state index in [0.29, 0.717) is 18.1 Å². The van der Waals surface area contributed by atoms with Gasteiger partial charge in [0.2, 0.25) is 5.88 Å². The third-order valence-corrected chi connectivity index (χ3v) is 5.58. The molecule has 4 aromatic rings. The Morgan fingerprint density at radius 2 is 1.84 bits per heavy atom. The van der Waals surface area contributed by atoms with Gasteiger partial charge >= 0.3 is 0 Å². The largest absolute Gasteiger partial charge is 0.496 e. The lowest BCUT2D eigenvalue weighted by Crippen LogP contribution is -2.38. The van der Waals surface area contributed by atoms with Crippen LogP contribution in [-0.2, 0) is 4.74 Å². The van der Waals surface area contributed by atoms with Gasteiger partial charge in [0.05, 0.1) is 31.3 Å². The summed E-state index contributed by atoms with van der Waals surface area (Å²) in [6.45, 7) is 4.72. The fourth-order valence-electron chi connectivity index (χ4n) is 3.92. The monoisotopic (exact) mass is 432 g/mol. The molecule has 0 radical (unpaired) electrons. The minimum Gasteiger partial charge on any atom is -0.496 e. The van der Waals surface area contributed by atoms with Crippen LogP contribution in [0.3, 0.4) is 0 Å². The summed E-state index contributed by atoms with van der Waals surface area (Å²) in [5, 5.41) is 5.24. The van der Waals surface area contributed by atoms with E-state index >= 15 is 0 Å². The van der Waals surface area contributed by atoms with Crippen molar-refractivity contribution in [1.29, 1.82) is 0 Å². The van der Waals surface area contributed by atoms with Gasteiger partial charge in [-0.15, -0.1) is 0 Å². The molecular weight excluding hydrogens is 408 g/mol. The first-order valence-corrected chi connectivity index (χ1v) is 10.6. The van der Waals surface area contributed by atoms with Crippen LogP contribution in [0.25, 0.3) is 33.4 Å². The van der Waals surface area contributed by atoms with Crippen molar-refractivity contribution in [3.05, 3.63) is 55.0 Å². The van der Waals surface area contributed by atoms with Crippen molar-refractivity contribution < 1.29 is 18.7 Å². The van der Waals surface area contributed by atoms with E-state index in [-0.39, 0.29) is 0 Å². The van der Waals surface area contributed by atoms with E-state index in [9.17, 15) is 0 Å². The molecule has 0 aliphatic carbocycles. The van der Waals surface area contributed by atoms with Crippen LogP contribution in [0.15, 0.2) is 59.5 Å². The number of aromatic nitrogens is 3.